The molecule has 0 saturated heterocycles. The van der Waals surface area contributed by atoms with Crippen LogP contribution in [0.5, 0.6) is 5.75 Å². The number of unbranched alkanes of at least 4 members (excludes halogenated alkanes) is 2. The van der Waals surface area contributed by atoms with Crippen LogP contribution in [0.3, 0.4) is 0 Å². The lowest BCUT2D eigenvalue weighted by molar-refractivity contribution is -0.0499. The summed E-state index contributed by atoms with van der Waals surface area (Å²) in [6.07, 6.45) is 2.33. The number of nitrogens with zero attached hydrogens (tertiary/aromatic N) is 1. The molecule has 1 rings (SSSR count). The molecular formula is C14H19F2NO3. The van der Waals surface area contributed by atoms with Crippen molar-refractivity contribution in [3.05, 3.63) is 29.8 Å². The van der Waals surface area contributed by atoms with Crippen LogP contribution in [0.1, 0.15) is 29.6 Å². The van der Waals surface area contributed by atoms with Crippen molar-refractivity contribution in [1.29, 1.82) is 0 Å². The first-order chi connectivity index (χ1) is 9.54. The van der Waals surface area contributed by atoms with Gasteiger partial charge < -0.3 is 14.7 Å². The minimum atomic E-state index is -2.91. The fraction of sp³-hybridized carbons (Fsp3) is 0.500. The summed E-state index contributed by atoms with van der Waals surface area (Å²) in [5.41, 5.74) is 0.313. The van der Waals surface area contributed by atoms with Gasteiger partial charge in [-0.25, -0.2) is 0 Å². The van der Waals surface area contributed by atoms with Crippen LogP contribution in [0, 0.1) is 0 Å². The molecule has 0 saturated carbocycles. The highest BCUT2D eigenvalue weighted by molar-refractivity contribution is 5.94. The first-order valence-electron chi connectivity index (χ1n) is 6.46. The highest BCUT2D eigenvalue weighted by atomic mass is 19.3. The highest BCUT2D eigenvalue weighted by Gasteiger charge is 2.13. The number of rotatable bonds is 8. The molecule has 0 aromatic heterocycles. The molecule has 0 spiro atoms. The summed E-state index contributed by atoms with van der Waals surface area (Å²) in [7, 11) is 1.65. The minimum Gasteiger partial charge on any atom is -0.435 e. The number of hydrogen-bond donors (Lipinski definition) is 1. The Kier molecular flexibility index (Phi) is 6.93. The lowest BCUT2D eigenvalue weighted by Gasteiger charge is -2.17. The lowest BCUT2D eigenvalue weighted by atomic mass is 10.1. The summed E-state index contributed by atoms with van der Waals surface area (Å²) in [6.45, 7) is -2.21. The van der Waals surface area contributed by atoms with E-state index in [2.05, 4.69) is 4.74 Å². The SMILES string of the molecule is CN(CCCCCO)C(=O)c1cccc(OC(F)F)c1. The zero-order chi connectivity index (χ0) is 15.0. The number of aliphatic hydroxyl groups excluding tert-OH is 1. The van der Waals surface area contributed by atoms with E-state index in [0.717, 1.165) is 12.8 Å². The zero-order valence-corrected chi connectivity index (χ0v) is 11.4. The van der Waals surface area contributed by atoms with Crippen molar-refractivity contribution in [1.82, 2.24) is 4.90 Å². The van der Waals surface area contributed by atoms with Crippen LogP contribution in [0.4, 0.5) is 8.78 Å². The van der Waals surface area contributed by atoms with Crippen molar-refractivity contribution in [2.45, 2.75) is 25.9 Å². The number of alkyl halides is 2. The molecule has 4 nitrogen and oxygen atoms in total. The molecule has 0 fully saturated rings. The van der Waals surface area contributed by atoms with E-state index in [1.807, 2.05) is 0 Å². The Morgan fingerprint density at radius 3 is 2.75 bits per heavy atom. The molecule has 1 aromatic rings. The van der Waals surface area contributed by atoms with E-state index in [9.17, 15) is 13.6 Å². The van der Waals surface area contributed by atoms with Gasteiger partial charge in [0.25, 0.3) is 5.91 Å². The Labute approximate surface area is 117 Å². The highest BCUT2D eigenvalue weighted by Crippen LogP contribution is 2.17. The van der Waals surface area contributed by atoms with Gasteiger partial charge >= 0.3 is 6.61 Å². The van der Waals surface area contributed by atoms with Gasteiger partial charge in [0.05, 0.1) is 0 Å². The summed E-state index contributed by atoms with van der Waals surface area (Å²) in [4.78, 5) is 13.6. The Balaban J connectivity index is 2.57. The van der Waals surface area contributed by atoms with Gasteiger partial charge in [-0.05, 0) is 37.5 Å². The van der Waals surface area contributed by atoms with Crippen LogP contribution in [0.2, 0.25) is 0 Å². The number of halogens is 2. The molecule has 20 heavy (non-hydrogen) atoms. The second-order valence-electron chi connectivity index (χ2n) is 4.42. The van der Waals surface area contributed by atoms with Crippen LogP contribution in [-0.2, 0) is 0 Å². The molecule has 0 aliphatic heterocycles. The topological polar surface area (TPSA) is 49.8 Å². The van der Waals surface area contributed by atoms with Crippen LogP contribution >= 0.6 is 0 Å². The van der Waals surface area contributed by atoms with E-state index < -0.39 is 6.61 Å². The first-order valence-corrected chi connectivity index (χ1v) is 6.46. The van der Waals surface area contributed by atoms with E-state index in [1.165, 1.54) is 23.1 Å². The van der Waals surface area contributed by atoms with Gasteiger partial charge in [0.1, 0.15) is 5.75 Å². The van der Waals surface area contributed by atoms with Crippen LogP contribution < -0.4 is 4.74 Å². The van der Waals surface area contributed by atoms with Gasteiger partial charge in [-0.15, -0.1) is 0 Å². The predicted octanol–water partition coefficient (Wildman–Crippen LogP) is 2.52. The fourth-order valence-corrected chi connectivity index (χ4v) is 1.76. The summed E-state index contributed by atoms with van der Waals surface area (Å²) in [6, 6.07) is 5.75. The minimum absolute atomic E-state index is 0.0282. The van der Waals surface area contributed by atoms with E-state index in [4.69, 9.17) is 5.11 Å². The average Bonchev–Trinajstić information content (AvgIpc) is 2.42. The number of ether oxygens (including phenoxy) is 1. The standard InChI is InChI=1S/C14H19F2NO3/c1-17(8-3-2-4-9-18)13(19)11-6-5-7-12(10-11)20-14(15)16/h5-7,10,14,18H,2-4,8-9H2,1H3. The number of benzene rings is 1. The molecule has 1 N–H and O–H groups in total. The zero-order valence-electron chi connectivity index (χ0n) is 11.4. The first kappa shape index (κ1) is 16.4. The molecule has 1 amide bonds. The summed E-state index contributed by atoms with van der Waals surface area (Å²) >= 11 is 0. The number of hydrogen-bond acceptors (Lipinski definition) is 3. The Bertz CT molecular complexity index is 427. The largest absolute Gasteiger partial charge is 0.435 e. The number of aliphatic hydroxyl groups is 1. The van der Waals surface area contributed by atoms with Crippen molar-refractivity contribution in [2.24, 2.45) is 0 Å². The smallest absolute Gasteiger partial charge is 0.387 e. The lowest BCUT2D eigenvalue weighted by Crippen LogP contribution is -2.27. The molecule has 6 heteroatoms. The Morgan fingerprint density at radius 1 is 1.35 bits per heavy atom. The molecule has 0 unspecified atom stereocenters. The summed E-state index contributed by atoms with van der Waals surface area (Å²) < 4.78 is 28.5. The maximum atomic E-state index is 12.1. The maximum Gasteiger partial charge on any atom is 0.387 e. The molecule has 1 aromatic carbocycles. The van der Waals surface area contributed by atoms with E-state index in [-0.39, 0.29) is 18.3 Å². The van der Waals surface area contributed by atoms with E-state index in [1.54, 1.807) is 13.1 Å². The Hall–Kier alpha value is -1.69. The summed E-state index contributed by atoms with van der Waals surface area (Å²) in [5.74, 6) is -0.270. The second-order valence-corrected chi connectivity index (χ2v) is 4.42. The third kappa shape index (κ3) is 5.52. The second kappa shape index (κ2) is 8.47. The number of carbonyl (C=O) groups is 1. The molecule has 0 radical (unpaired) electrons. The third-order valence-electron chi connectivity index (χ3n) is 2.80. The molecule has 0 aliphatic rings. The molecule has 0 bridgehead atoms. The van der Waals surface area contributed by atoms with Crippen molar-refractivity contribution in [2.75, 3.05) is 20.2 Å². The monoisotopic (exact) mass is 287 g/mol. The van der Waals surface area contributed by atoms with Crippen molar-refractivity contribution < 1.29 is 23.4 Å². The average molecular weight is 287 g/mol. The number of amides is 1. The van der Waals surface area contributed by atoms with Gasteiger partial charge in [-0.2, -0.15) is 8.78 Å². The molecule has 112 valence electrons. The van der Waals surface area contributed by atoms with Crippen molar-refractivity contribution in [3.63, 3.8) is 0 Å². The Morgan fingerprint density at radius 2 is 2.10 bits per heavy atom. The van der Waals surface area contributed by atoms with E-state index >= 15 is 0 Å². The summed E-state index contributed by atoms with van der Waals surface area (Å²) in [5, 5.41) is 8.67. The van der Waals surface area contributed by atoms with Crippen molar-refractivity contribution in [3.8, 4) is 5.75 Å². The van der Waals surface area contributed by atoms with Crippen LogP contribution in [-0.4, -0.2) is 42.7 Å². The van der Waals surface area contributed by atoms with Crippen LogP contribution in [0.25, 0.3) is 0 Å². The fourth-order valence-electron chi connectivity index (χ4n) is 1.76. The quantitative estimate of drug-likeness (QED) is 0.747. The third-order valence-corrected chi connectivity index (χ3v) is 2.80. The predicted molar refractivity (Wildman–Crippen MR) is 71.0 cm³/mol. The van der Waals surface area contributed by atoms with Gasteiger partial charge in [0.15, 0.2) is 0 Å². The number of carbonyl (C=O) groups excluding carboxylic acids is 1. The molecular weight excluding hydrogens is 268 g/mol. The van der Waals surface area contributed by atoms with E-state index in [0.29, 0.717) is 18.5 Å². The molecule has 0 atom stereocenters. The molecule has 0 heterocycles. The normalized spacial score (nSPS) is 10.7. The maximum absolute atomic E-state index is 12.1. The van der Waals surface area contributed by atoms with Gasteiger partial charge in [0.2, 0.25) is 0 Å². The van der Waals surface area contributed by atoms with Gasteiger partial charge in [-0.1, -0.05) is 6.07 Å². The van der Waals surface area contributed by atoms with Crippen molar-refractivity contribution >= 4 is 5.91 Å². The van der Waals surface area contributed by atoms with Gasteiger partial charge in [0, 0.05) is 25.8 Å². The molecule has 0 aliphatic carbocycles. The van der Waals surface area contributed by atoms with Gasteiger partial charge in [-0.3, -0.25) is 4.79 Å². The van der Waals surface area contributed by atoms with Crippen LogP contribution in [0.15, 0.2) is 24.3 Å².